The molecule has 2 N–H and O–H groups in total. The highest BCUT2D eigenvalue weighted by Gasteiger charge is 2.37. The molecule has 0 spiro atoms. The molecule has 1 unspecified atom stereocenters. The third-order valence-electron chi connectivity index (χ3n) is 4.05. The van der Waals surface area contributed by atoms with E-state index in [0.29, 0.717) is 22.8 Å². The number of esters is 1. The number of rotatable bonds is 3. The van der Waals surface area contributed by atoms with Gasteiger partial charge in [0.25, 0.3) is 0 Å². The first kappa shape index (κ1) is 15.3. The number of benzene rings is 1. The van der Waals surface area contributed by atoms with E-state index < -0.39 is 12.1 Å². The van der Waals surface area contributed by atoms with Crippen molar-refractivity contribution in [3.8, 4) is 11.5 Å². The minimum Gasteiger partial charge on any atom is -0.460 e. The summed E-state index contributed by atoms with van der Waals surface area (Å²) >= 11 is 0. The Bertz CT molecular complexity index is 983. The molecule has 0 radical (unpaired) electrons. The molecule has 25 heavy (non-hydrogen) atoms. The number of nitrogens with two attached hydrogens (primary N) is 1. The summed E-state index contributed by atoms with van der Waals surface area (Å²) in [5.41, 5.74) is 7.09. The second kappa shape index (κ2) is 5.70. The van der Waals surface area contributed by atoms with Crippen LogP contribution < -0.4 is 5.73 Å². The number of anilines is 1. The molecule has 4 rings (SSSR count). The normalized spacial score (nSPS) is 15.9. The summed E-state index contributed by atoms with van der Waals surface area (Å²) in [5.74, 6) is 0.150. The highest BCUT2D eigenvalue weighted by atomic mass is 19.1. The largest absolute Gasteiger partial charge is 0.460 e. The van der Waals surface area contributed by atoms with Crippen molar-refractivity contribution >= 4 is 11.9 Å². The molecule has 7 heteroatoms. The van der Waals surface area contributed by atoms with Crippen molar-refractivity contribution in [2.24, 2.45) is 0 Å². The van der Waals surface area contributed by atoms with Gasteiger partial charge in [-0.15, -0.1) is 0 Å². The van der Waals surface area contributed by atoms with Crippen LogP contribution in [0.25, 0.3) is 11.5 Å². The molecule has 1 aliphatic heterocycles. The van der Waals surface area contributed by atoms with E-state index in [0.717, 1.165) is 0 Å². The number of aromatic nitrogens is 2. The molecule has 1 aromatic carbocycles. The van der Waals surface area contributed by atoms with Crippen LogP contribution in [0.15, 0.2) is 40.8 Å². The number of hydrogen-bond donors (Lipinski definition) is 1. The molecule has 1 aliphatic rings. The molecule has 0 bridgehead atoms. The Morgan fingerprint density at radius 1 is 1.20 bits per heavy atom. The molecule has 2 aromatic heterocycles. The molecular weight excluding hydrogens is 325 g/mol. The van der Waals surface area contributed by atoms with Crippen molar-refractivity contribution in [2.75, 3.05) is 5.73 Å². The predicted octanol–water partition coefficient (Wildman–Crippen LogP) is 3.22. The minimum absolute atomic E-state index is 0.000336. The summed E-state index contributed by atoms with van der Waals surface area (Å²) in [4.78, 5) is 20.7. The van der Waals surface area contributed by atoms with E-state index in [4.69, 9.17) is 14.9 Å². The zero-order valence-electron chi connectivity index (χ0n) is 13.3. The summed E-state index contributed by atoms with van der Waals surface area (Å²) in [7, 11) is 0. The fourth-order valence-electron chi connectivity index (χ4n) is 2.92. The average Bonchev–Trinajstić information content (AvgIpc) is 3.13. The highest BCUT2D eigenvalue weighted by Crippen LogP contribution is 2.38. The van der Waals surface area contributed by atoms with Crippen LogP contribution >= 0.6 is 0 Å². The molecule has 1 atom stereocenters. The third-order valence-corrected chi connectivity index (χ3v) is 4.05. The molecule has 0 saturated carbocycles. The van der Waals surface area contributed by atoms with Crippen LogP contribution in [0.4, 0.5) is 10.3 Å². The van der Waals surface area contributed by atoms with Crippen molar-refractivity contribution in [3.05, 3.63) is 64.8 Å². The van der Waals surface area contributed by atoms with Gasteiger partial charge in [-0.2, -0.15) is 0 Å². The summed E-state index contributed by atoms with van der Waals surface area (Å²) < 4.78 is 24.9. The van der Waals surface area contributed by atoms with Gasteiger partial charge in [0.15, 0.2) is 5.76 Å². The molecule has 126 valence electrons. The van der Waals surface area contributed by atoms with Crippen LogP contribution in [0.2, 0.25) is 0 Å². The Morgan fingerprint density at radius 3 is 2.72 bits per heavy atom. The quantitative estimate of drug-likeness (QED) is 0.737. The number of furan rings is 1. The van der Waals surface area contributed by atoms with Gasteiger partial charge in [0, 0.05) is 6.42 Å². The summed E-state index contributed by atoms with van der Waals surface area (Å²) in [6.07, 6.45) is -0.558. The number of nitrogens with zero attached hydrogens (tertiary/aromatic N) is 2. The molecule has 0 fully saturated rings. The number of ether oxygens (including phenoxy) is 1. The van der Waals surface area contributed by atoms with Crippen LogP contribution in [0.3, 0.4) is 0 Å². The molecule has 0 saturated heterocycles. The number of cyclic esters (lactones) is 1. The van der Waals surface area contributed by atoms with Crippen LogP contribution in [-0.4, -0.2) is 15.9 Å². The second-order valence-corrected chi connectivity index (χ2v) is 5.79. The maximum atomic E-state index is 13.9. The maximum absolute atomic E-state index is 13.9. The lowest BCUT2D eigenvalue weighted by Gasteiger charge is -2.11. The van der Waals surface area contributed by atoms with E-state index in [9.17, 15) is 9.18 Å². The lowest BCUT2D eigenvalue weighted by molar-refractivity contribution is 0.0381. The van der Waals surface area contributed by atoms with Gasteiger partial charge < -0.3 is 14.9 Å². The van der Waals surface area contributed by atoms with E-state index in [-0.39, 0.29) is 29.4 Å². The van der Waals surface area contributed by atoms with E-state index in [1.165, 1.54) is 6.07 Å². The number of carbonyl (C=O) groups is 1. The first-order valence-electron chi connectivity index (χ1n) is 7.71. The SMILES string of the molecule is Cc1ccc(-c2nc(N)nc3c2C(=O)OC3Cc2ccccc2F)o1. The van der Waals surface area contributed by atoms with Gasteiger partial charge in [-0.3, -0.25) is 0 Å². The van der Waals surface area contributed by atoms with E-state index in [1.54, 1.807) is 37.3 Å². The summed E-state index contributed by atoms with van der Waals surface area (Å²) in [6.45, 7) is 1.79. The predicted molar refractivity (Wildman–Crippen MR) is 87.1 cm³/mol. The van der Waals surface area contributed by atoms with Gasteiger partial charge in [-0.05, 0) is 30.7 Å². The maximum Gasteiger partial charge on any atom is 0.343 e. The first-order valence-corrected chi connectivity index (χ1v) is 7.71. The van der Waals surface area contributed by atoms with Gasteiger partial charge in [0.2, 0.25) is 5.95 Å². The zero-order chi connectivity index (χ0) is 17.6. The molecule has 0 aliphatic carbocycles. The van der Waals surface area contributed by atoms with Crippen molar-refractivity contribution in [1.29, 1.82) is 0 Å². The molecule has 3 heterocycles. The van der Waals surface area contributed by atoms with Gasteiger partial charge in [-0.25, -0.2) is 19.2 Å². The average molecular weight is 339 g/mol. The number of fused-ring (bicyclic) bond motifs is 1. The Balaban J connectivity index is 1.79. The zero-order valence-corrected chi connectivity index (χ0v) is 13.3. The van der Waals surface area contributed by atoms with Crippen molar-refractivity contribution in [2.45, 2.75) is 19.4 Å². The van der Waals surface area contributed by atoms with E-state index in [1.807, 2.05) is 0 Å². The second-order valence-electron chi connectivity index (χ2n) is 5.79. The number of aryl methyl sites for hydroxylation is 1. The Hall–Kier alpha value is -3.22. The van der Waals surface area contributed by atoms with Crippen molar-refractivity contribution < 1.29 is 18.3 Å². The van der Waals surface area contributed by atoms with Gasteiger partial charge in [0.05, 0.1) is 0 Å². The lowest BCUT2D eigenvalue weighted by Crippen LogP contribution is -2.08. The van der Waals surface area contributed by atoms with Crippen molar-refractivity contribution in [3.63, 3.8) is 0 Å². The highest BCUT2D eigenvalue weighted by molar-refractivity contribution is 5.99. The van der Waals surface area contributed by atoms with Gasteiger partial charge in [-0.1, -0.05) is 18.2 Å². The topological polar surface area (TPSA) is 91.2 Å². The minimum atomic E-state index is -0.723. The van der Waals surface area contributed by atoms with Gasteiger partial charge in [0.1, 0.15) is 34.6 Å². The standard InChI is InChI=1S/C18H14FN3O3/c1-9-6-7-12(24-9)15-14-16(22-18(20)21-15)13(25-17(14)23)8-10-4-2-3-5-11(10)19/h2-7,13H,8H2,1H3,(H2,20,21,22). The Kier molecular flexibility index (Phi) is 3.49. The smallest absolute Gasteiger partial charge is 0.343 e. The van der Waals surface area contributed by atoms with Gasteiger partial charge >= 0.3 is 5.97 Å². The Morgan fingerprint density at radius 2 is 2.00 bits per heavy atom. The van der Waals surface area contributed by atoms with Crippen LogP contribution in [0.5, 0.6) is 0 Å². The monoisotopic (exact) mass is 339 g/mol. The molecule has 6 nitrogen and oxygen atoms in total. The summed E-state index contributed by atoms with van der Waals surface area (Å²) in [6, 6.07) is 9.79. The van der Waals surface area contributed by atoms with Crippen molar-refractivity contribution in [1.82, 2.24) is 9.97 Å². The van der Waals surface area contributed by atoms with Crippen LogP contribution in [-0.2, 0) is 11.2 Å². The summed E-state index contributed by atoms with van der Waals surface area (Å²) in [5, 5.41) is 0. The fraction of sp³-hybridized carbons (Fsp3) is 0.167. The molecule has 0 amide bonds. The number of nitrogen functional groups attached to an aromatic ring is 1. The van der Waals surface area contributed by atoms with E-state index >= 15 is 0 Å². The number of carbonyl (C=O) groups excluding carboxylic acids is 1. The molecular formula is C18H14FN3O3. The van der Waals surface area contributed by atoms with E-state index in [2.05, 4.69) is 9.97 Å². The molecule has 3 aromatic rings. The fourth-order valence-corrected chi connectivity index (χ4v) is 2.92. The first-order chi connectivity index (χ1) is 12.0. The Labute approximate surface area is 142 Å². The van der Waals surface area contributed by atoms with Crippen LogP contribution in [0.1, 0.15) is 33.5 Å². The number of halogens is 1. The lowest BCUT2D eigenvalue weighted by atomic mass is 10.0. The third kappa shape index (κ3) is 2.63. The number of hydrogen-bond acceptors (Lipinski definition) is 6. The van der Waals surface area contributed by atoms with Crippen LogP contribution in [0, 0.1) is 12.7 Å².